The second kappa shape index (κ2) is 5.83. The molecule has 9 nitrogen and oxygen atoms in total. The predicted molar refractivity (Wildman–Crippen MR) is 78.4 cm³/mol. The Morgan fingerprint density at radius 1 is 0.875 bits per heavy atom. The number of benzene rings is 2. The number of nitrogens with zero attached hydrogens (tertiary/aromatic N) is 4. The second-order valence-electron chi connectivity index (χ2n) is 4.64. The molecule has 1 heterocycles. The van der Waals surface area contributed by atoms with Gasteiger partial charge in [0, 0.05) is 29.8 Å². The standard InChI is InChI=1S/C14H7FN4O5/c15-12-6-5-10(19(22)23)7-11(12)14-17-16-13(24-14)8-1-3-9(4-2-8)18(20)21/h1-7H. The highest BCUT2D eigenvalue weighted by Gasteiger charge is 2.18. The van der Waals surface area contributed by atoms with E-state index >= 15 is 0 Å². The fourth-order valence-electron chi connectivity index (χ4n) is 1.97. The van der Waals surface area contributed by atoms with Crippen LogP contribution in [0.5, 0.6) is 0 Å². The zero-order valence-electron chi connectivity index (χ0n) is 11.7. The second-order valence-corrected chi connectivity index (χ2v) is 4.64. The number of halogens is 1. The topological polar surface area (TPSA) is 125 Å². The Kier molecular flexibility index (Phi) is 3.70. The van der Waals surface area contributed by atoms with Crippen molar-refractivity contribution in [1.82, 2.24) is 10.2 Å². The van der Waals surface area contributed by atoms with E-state index in [1.807, 2.05) is 0 Å². The molecule has 10 heteroatoms. The molecule has 0 bridgehead atoms. The Morgan fingerprint density at radius 2 is 1.46 bits per heavy atom. The lowest BCUT2D eigenvalue weighted by molar-refractivity contribution is -0.385. The van der Waals surface area contributed by atoms with Crippen LogP contribution in [0.25, 0.3) is 22.9 Å². The molecule has 0 aliphatic rings. The van der Waals surface area contributed by atoms with Gasteiger partial charge in [-0.3, -0.25) is 20.2 Å². The van der Waals surface area contributed by atoms with Crippen molar-refractivity contribution in [2.75, 3.05) is 0 Å². The lowest BCUT2D eigenvalue weighted by Crippen LogP contribution is -1.91. The number of hydrogen-bond acceptors (Lipinski definition) is 7. The van der Waals surface area contributed by atoms with Crippen LogP contribution in [0.2, 0.25) is 0 Å². The van der Waals surface area contributed by atoms with E-state index in [0.717, 1.165) is 18.2 Å². The summed E-state index contributed by atoms with van der Waals surface area (Å²) < 4.78 is 19.2. The molecule has 0 aliphatic heterocycles. The minimum Gasteiger partial charge on any atom is -0.416 e. The van der Waals surface area contributed by atoms with Gasteiger partial charge in [0.2, 0.25) is 5.89 Å². The van der Waals surface area contributed by atoms with Crippen LogP contribution in [-0.4, -0.2) is 20.0 Å². The predicted octanol–water partition coefficient (Wildman–Crippen LogP) is 3.36. The fourth-order valence-corrected chi connectivity index (χ4v) is 1.97. The van der Waals surface area contributed by atoms with Crippen molar-refractivity contribution in [2.24, 2.45) is 0 Å². The van der Waals surface area contributed by atoms with Gasteiger partial charge >= 0.3 is 0 Å². The van der Waals surface area contributed by atoms with Crippen LogP contribution < -0.4 is 0 Å². The van der Waals surface area contributed by atoms with Crippen molar-refractivity contribution in [3.63, 3.8) is 0 Å². The first-order valence-electron chi connectivity index (χ1n) is 6.48. The summed E-state index contributed by atoms with van der Waals surface area (Å²) in [5, 5.41) is 28.8. The molecular weight excluding hydrogens is 323 g/mol. The van der Waals surface area contributed by atoms with Crippen molar-refractivity contribution >= 4 is 11.4 Å². The zero-order chi connectivity index (χ0) is 17.3. The van der Waals surface area contributed by atoms with Crippen molar-refractivity contribution < 1.29 is 18.7 Å². The average Bonchev–Trinajstić information content (AvgIpc) is 3.05. The number of hydrogen-bond donors (Lipinski definition) is 0. The van der Waals surface area contributed by atoms with Gasteiger partial charge in [-0.2, -0.15) is 0 Å². The molecule has 0 aliphatic carbocycles. The number of non-ortho nitro benzene ring substituents is 2. The van der Waals surface area contributed by atoms with E-state index in [1.165, 1.54) is 24.3 Å². The Balaban J connectivity index is 1.97. The minimum atomic E-state index is -0.750. The number of nitro benzene ring substituents is 2. The summed E-state index contributed by atoms with van der Waals surface area (Å²) in [7, 11) is 0. The smallest absolute Gasteiger partial charge is 0.270 e. The van der Waals surface area contributed by atoms with Crippen LogP contribution in [0, 0.1) is 26.0 Å². The Morgan fingerprint density at radius 3 is 2.08 bits per heavy atom. The SMILES string of the molecule is O=[N+]([O-])c1ccc(-c2nnc(-c3cc([N+](=O)[O-])ccc3F)o2)cc1. The van der Waals surface area contributed by atoms with Crippen LogP contribution in [-0.2, 0) is 0 Å². The molecule has 0 spiro atoms. The molecular formula is C14H7FN4O5. The van der Waals surface area contributed by atoms with Gasteiger partial charge in [0.25, 0.3) is 17.3 Å². The van der Waals surface area contributed by atoms with E-state index in [1.54, 1.807) is 0 Å². The molecule has 0 radical (unpaired) electrons. The monoisotopic (exact) mass is 330 g/mol. The first-order valence-corrected chi connectivity index (χ1v) is 6.48. The maximum Gasteiger partial charge on any atom is 0.270 e. The van der Waals surface area contributed by atoms with Gasteiger partial charge in [-0.15, -0.1) is 10.2 Å². The lowest BCUT2D eigenvalue weighted by atomic mass is 10.2. The molecule has 3 rings (SSSR count). The quantitative estimate of drug-likeness (QED) is 0.530. The molecule has 0 fully saturated rings. The van der Waals surface area contributed by atoms with Crippen molar-refractivity contribution in [1.29, 1.82) is 0 Å². The van der Waals surface area contributed by atoms with Gasteiger partial charge in [-0.05, 0) is 18.2 Å². The number of aromatic nitrogens is 2. The molecule has 0 amide bonds. The molecule has 0 N–H and O–H groups in total. The average molecular weight is 330 g/mol. The zero-order valence-corrected chi connectivity index (χ0v) is 11.7. The van der Waals surface area contributed by atoms with Crippen molar-refractivity contribution in [2.45, 2.75) is 0 Å². The Labute approximate surface area is 132 Å². The first-order chi connectivity index (χ1) is 11.5. The molecule has 2 aromatic carbocycles. The molecule has 3 aromatic rings. The summed E-state index contributed by atoms with van der Waals surface area (Å²) in [5.74, 6) is -0.977. The normalized spacial score (nSPS) is 10.5. The fraction of sp³-hybridized carbons (Fsp3) is 0. The highest BCUT2D eigenvalue weighted by atomic mass is 19.1. The molecule has 0 unspecified atom stereocenters. The van der Waals surface area contributed by atoms with Crippen LogP contribution in [0.1, 0.15) is 0 Å². The maximum absolute atomic E-state index is 13.8. The van der Waals surface area contributed by atoms with Crippen LogP contribution in [0.4, 0.5) is 15.8 Å². The summed E-state index contributed by atoms with van der Waals surface area (Å²) in [5.41, 5.74) is -0.236. The van der Waals surface area contributed by atoms with Gasteiger partial charge in [0.1, 0.15) is 5.82 Å². The molecule has 24 heavy (non-hydrogen) atoms. The van der Waals surface area contributed by atoms with Crippen molar-refractivity contribution in [3.8, 4) is 22.9 Å². The van der Waals surface area contributed by atoms with E-state index in [9.17, 15) is 24.6 Å². The van der Waals surface area contributed by atoms with E-state index in [0.29, 0.717) is 5.56 Å². The summed E-state index contributed by atoms with van der Waals surface area (Å²) in [6, 6.07) is 8.26. The van der Waals surface area contributed by atoms with E-state index in [4.69, 9.17) is 4.42 Å². The summed E-state index contributed by atoms with van der Waals surface area (Å²) >= 11 is 0. The van der Waals surface area contributed by atoms with Crippen LogP contribution in [0.15, 0.2) is 46.9 Å². The van der Waals surface area contributed by atoms with Crippen LogP contribution in [0.3, 0.4) is 0 Å². The van der Waals surface area contributed by atoms with Gasteiger partial charge in [0.15, 0.2) is 0 Å². The van der Waals surface area contributed by atoms with E-state index < -0.39 is 15.7 Å². The molecule has 0 saturated carbocycles. The first kappa shape index (κ1) is 15.2. The molecule has 0 atom stereocenters. The summed E-state index contributed by atoms with van der Waals surface area (Å²) in [4.78, 5) is 20.2. The van der Waals surface area contributed by atoms with E-state index in [2.05, 4.69) is 10.2 Å². The Hall–Kier alpha value is -3.69. The van der Waals surface area contributed by atoms with Gasteiger partial charge in [0.05, 0.1) is 15.4 Å². The number of rotatable bonds is 4. The number of nitro groups is 2. The van der Waals surface area contributed by atoms with Gasteiger partial charge in [-0.1, -0.05) is 0 Å². The van der Waals surface area contributed by atoms with Gasteiger partial charge < -0.3 is 4.42 Å². The highest BCUT2D eigenvalue weighted by molar-refractivity contribution is 5.61. The summed E-state index contributed by atoms with van der Waals surface area (Å²) in [6.45, 7) is 0. The molecule has 0 saturated heterocycles. The third-order valence-electron chi connectivity index (χ3n) is 3.14. The van der Waals surface area contributed by atoms with Crippen LogP contribution >= 0.6 is 0 Å². The summed E-state index contributed by atoms with van der Waals surface area (Å²) in [6.07, 6.45) is 0. The third kappa shape index (κ3) is 2.79. The minimum absolute atomic E-state index is 0.00537. The van der Waals surface area contributed by atoms with Gasteiger partial charge in [-0.25, -0.2) is 4.39 Å². The molecule has 120 valence electrons. The van der Waals surface area contributed by atoms with Crippen molar-refractivity contribution in [3.05, 3.63) is 68.5 Å². The largest absolute Gasteiger partial charge is 0.416 e. The maximum atomic E-state index is 13.8. The Bertz CT molecular complexity index is 939. The van der Waals surface area contributed by atoms with E-state index in [-0.39, 0.29) is 28.7 Å². The third-order valence-corrected chi connectivity index (χ3v) is 3.14. The lowest BCUT2D eigenvalue weighted by Gasteiger charge is -1.98. The highest BCUT2D eigenvalue weighted by Crippen LogP contribution is 2.29. The molecule has 1 aromatic heterocycles.